The summed E-state index contributed by atoms with van der Waals surface area (Å²) in [5.74, 6) is 3.46. The molecule has 2 N–H and O–H groups in total. The van der Waals surface area contributed by atoms with Gasteiger partial charge in [-0.25, -0.2) is 0 Å². The molecule has 1 heterocycles. The highest BCUT2D eigenvalue weighted by Gasteiger charge is 2.20. The van der Waals surface area contributed by atoms with E-state index in [1.54, 1.807) is 0 Å². The van der Waals surface area contributed by atoms with Crippen molar-refractivity contribution >= 4 is 17.7 Å². The number of hydrogen-bond donors (Lipinski definition) is 1. The summed E-state index contributed by atoms with van der Waals surface area (Å²) >= 11 is 1.93. The third kappa shape index (κ3) is 4.74. The molecule has 1 rings (SSSR count). The van der Waals surface area contributed by atoms with E-state index < -0.39 is 0 Å². The van der Waals surface area contributed by atoms with Crippen LogP contribution in [0.5, 0.6) is 0 Å². The minimum atomic E-state index is 0.302. The number of nitrogens with zero attached hydrogens (tertiary/aromatic N) is 1. The molecule has 1 atom stereocenters. The van der Waals surface area contributed by atoms with Gasteiger partial charge in [0, 0.05) is 31.0 Å². The van der Waals surface area contributed by atoms with Crippen LogP contribution in [0.25, 0.3) is 0 Å². The number of thioether (sulfide) groups is 1. The summed E-state index contributed by atoms with van der Waals surface area (Å²) in [4.78, 5) is 14.0. The number of hydrogen-bond acceptors (Lipinski definition) is 3. The van der Waals surface area contributed by atoms with Gasteiger partial charge in [-0.05, 0) is 24.8 Å². The van der Waals surface area contributed by atoms with E-state index in [-0.39, 0.29) is 0 Å². The maximum atomic E-state index is 12.0. The molecular formula is C12H24N2OS. The second-order valence-electron chi connectivity index (χ2n) is 4.93. The second-order valence-corrected chi connectivity index (χ2v) is 6.15. The van der Waals surface area contributed by atoms with Crippen LogP contribution in [0.4, 0.5) is 0 Å². The largest absolute Gasteiger partial charge is 0.341 e. The van der Waals surface area contributed by atoms with E-state index in [9.17, 15) is 4.79 Å². The Hall–Kier alpha value is -0.220. The van der Waals surface area contributed by atoms with Crippen molar-refractivity contribution in [2.45, 2.75) is 26.7 Å². The van der Waals surface area contributed by atoms with Gasteiger partial charge in [0.2, 0.25) is 5.91 Å². The Bertz CT molecular complexity index is 215. The predicted octanol–water partition coefficient (Wildman–Crippen LogP) is 1.57. The third-order valence-electron chi connectivity index (χ3n) is 2.97. The van der Waals surface area contributed by atoms with Crippen molar-refractivity contribution in [2.24, 2.45) is 17.6 Å². The monoisotopic (exact) mass is 244 g/mol. The molecule has 1 fully saturated rings. The molecule has 4 heteroatoms. The van der Waals surface area contributed by atoms with Crippen molar-refractivity contribution in [2.75, 3.05) is 31.1 Å². The molecule has 0 spiro atoms. The van der Waals surface area contributed by atoms with E-state index >= 15 is 0 Å². The van der Waals surface area contributed by atoms with Gasteiger partial charge in [-0.3, -0.25) is 4.79 Å². The standard InChI is InChI=1S/C12H24N2OS/c1-10(2)7-11(9-13)8-12(15)14-3-5-16-6-4-14/h10-11H,3-9,13H2,1-2H3/t11-/m0/s1. The molecule has 1 amide bonds. The Morgan fingerprint density at radius 3 is 2.50 bits per heavy atom. The van der Waals surface area contributed by atoms with E-state index in [0.29, 0.717) is 30.7 Å². The molecule has 0 aromatic heterocycles. The van der Waals surface area contributed by atoms with Crippen LogP contribution in [-0.2, 0) is 4.79 Å². The molecular weight excluding hydrogens is 220 g/mol. The van der Waals surface area contributed by atoms with Gasteiger partial charge in [-0.1, -0.05) is 13.8 Å². The lowest BCUT2D eigenvalue weighted by Gasteiger charge is -2.28. The van der Waals surface area contributed by atoms with Crippen molar-refractivity contribution in [3.8, 4) is 0 Å². The van der Waals surface area contributed by atoms with Crippen molar-refractivity contribution in [1.29, 1.82) is 0 Å². The normalized spacial score (nSPS) is 18.9. The Labute approximate surface area is 103 Å². The van der Waals surface area contributed by atoms with Crippen LogP contribution in [0.15, 0.2) is 0 Å². The summed E-state index contributed by atoms with van der Waals surface area (Å²) in [6.07, 6.45) is 1.70. The van der Waals surface area contributed by atoms with Gasteiger partial charge in [0.05, 0.1) is 0 Å². The molecule has 94 valence electrons. The molecule has 3 nitrogen and oxygen atoms in total. The first-order valence-electron chi connectivity index (χ1n) is 6.19. The lowest BCUT2D eigenvalue weighted by molar-refractivity contribution is -0.131. The summed E-state index contributed by atoms with van der Waals surface area (Å²) in [6, 6.07) is 0. The first-order valence-corrected chi connectivity index (χ1v) is 7.34. The number of rotatable bonds is 5. The Morgan fingerprint density at radius 1 is 1.38 bits per heavy atom. The van der Waals surface area contributed by atoms with Crippen LogP contribution in [0.2, 0.25) is 0 Å². The smallest absolute Gasteiger partial charge is 0.222 e. The van der Waals surface area contributed by atoms with Crippen LogP contribution in [0, 0.1) is 11.8 Å². The molecule has 0 aliphatic carbocycles. The molecule has 1 aliphatic rings. The number of nitrogens with two attached hydrogens (primary N) is 1. The number of amides is 1. The highest BCUT2D eigenvalue weighted by Crippen LogP contribution is 2.17. The Balaban J connectivity index is 2.35. The first-order chi connectivity index (χ1) is 7.63. The molecule has 1 aliphatic heterocycles. The van der Waals surface area contributed by atoms with E-state index in [4.69, 9.17) is 5.73 Å². The van der Waals surface area contributed by atoms with Crippen LogP contribution in [0.3, 0.4) is 0 Å². The summed E-state index contributed by atoms with van der Waals surface area (Å²) in [7, 11) is 0. The topological polar surface area (TPSA) is 46.3 Å². The van der Waals surface area contributed by atoms with Crippen molar-refractivity contribution < 1.29 is 4.79 Å². The van der Waals surface area contributed by atoms with Crippen LogP contribution in [-0.4, -0.2) is 41.9 Å². The molecule has 0 radical (unpaired) electrons. The third-order valence-corrected chi connectivity index (χ3v) is 3.91. The molecule has 0 unspecified atom stereocenters. The lowest BCUT2D eigenvalue weighted by Crippen LogP contribution is -2.39. The maximum absolute atomic E-state index is 12.0. The van der Waals surface area contributed by atoms with Crippen LogP contribution >= 0.6 is 11.8 Å². The Kier molecular flexibility index (Phi) is 6.21. The molecule has 1 saturated heterocycles. The highest BCUT2D eigenvalue weighted by atomic mass is 32.2. The number of carbonyl (C=O) groups excluding carboxylic acids is 1. The maximum Gasteiger partial charge on any atom is 0.222 e. The second kappa shape index (κ2) is 7.17. The molecule has 16 heavy (non-hydrogen) atoms. The van der Waals surface area contributed by atoms with Gasteiger partial charge in [-0.15, -0.1) is 0 Å². The van der Waals surface area contributed by atoms with Gasteiger partial charge in [-0.2, -0.15) is 11.8 Å². The van der Waals surface area contributed by atoms with E-state index in [1.807, 2.05) is 16.7 Å². The fourth-order valence-electron chi connectivity index (χ4n) is 2.12. The summed E-state index contributed by atoms with van der Waals surface area (Å²) in [6.45, 7) is 6.84. The number of carbonyl (C=O) groups is 1. The summed E-state index contributed by atoms with van der Waals surface area (Å²) in [5.41, 5.74) is 5.72. The molecule has 0 saturated carbocycles. The first kappa shape index (κ1) is 13.8. The summed E-state index contributed by atoms with van der Waals surface area (Å²) in [5, 5.41) is 0. The zero-order valence-corrected chi connectivity index (χ0v) is 11.3. The van der Waals surface area contributed by atoms with Gasteiger partial charge in [0.15, 0.2) is 0 Å². The van der Waals surface area contributed by atoms with Gasteiger partial charge >= 0.3 is 0 Å². The van der Waals surface area contributed by atoms with Crippen molar-refractivity contribution in [3.63, 3.8) is 0 Å². The van der Waals surface area contributed by atoms with Gasteiger partial charge in [0.25, 0.3) is 0 Å². The van der Waals surface area contributed by atoms with Crippen LogP contribution < -0.4 is 5.73 Å². The van der Waals surface area contributed by atoms with E-state index in [1.165, 1.54) is 0 Å². The zero-order chi connectivity index (χ0) is 12.0. The average Bonchev–Trinajstić information content (AvgIpc) is 2.28. The van der Waals surface area contributed by atoms with Gasteiger partial charge < -0.3 is 10.6 Å². The fraction of sp³-hybridized carbons (Fsp3) is 0.917. The van der Waals surface area contributed by atoms with E-state index in [2.05, 4.69) is 13.8 Å². The van der Waals surface area contributed by atoms with Crippen molar-refractivity contribution in [3.05, 3.63) is 0 Å². The predicted molar refractivity (Wildman–Crippen MR) is 70.5 cm³/mol. The zero-order valence-electron chi connectivity index (χ0n) is 10.4. The van der Waals surface area contributed by atoms with Crippen molar-refractivity contribution in [1.82, 2.24) is 4.90 Å². The SMILES string of the molecule is CC(C)C[C@H](CN)CC(=O)N1CCSCC1. The van der Waals surface area contributed by atoms with Gasteiger partial charge in [0.1, 0.15) is 0 Å². The lowest BCUT2D eigenvalue weighted by atomic mass is 9.94. The molecule has 0 aromatic rings. The fourth-order valence-corrected chi connectivity index (χ4v) is 3.02. The quantitative estimate of drug-likeness (QED) is 0.798. The van der Waals surface area contributed by atoms with Crippen LogP contribution in [0.1, 0.15) is 26.7 Å². The summed E-state index contributed by atoms with van der Waals surface area (Å²) < 4.78 is 0. The van der Waals surface area contributed by atoms with E-state index in [0.717, 1.165) is 31.0 Å². The minimum Gasteiger partial charge on any atom is -0.341 e. The molecule has 0 bridgehead atoms. The molecule has 0 aromatic carbocycles. The highest BCUT2D eigenvalue weighted by molar-refractivity contribution is 7.99. The minimum absolute atomic E-state index is 0.302. The Morgan fingerprint density at radius 2 is 2.00 bits per heavy atom. The average molecular weight is 244 g/mol.